The van der Waals surface area contributed by atoms with Gasteiger partial charge >= 0.3 is 0 Å². The molecule has 1 amide bonds. The van der Waals surface area contributed by atoms with Crippen LogP contribution >= 0.6 is 11.3 Å². The van der Waals surface area contributed by atoms with Crippen LogP contribution in [0.5, 0.6) is 0 Å². The van der Waals surface area contributed by atoms with Crippen LogP contribution in [0.15, 0.2) is 42.5 Å². The van der Waals surface area contributed by atoms with Crippen molar-refractivity contribution in [3.05, 3.63) is 58.6 Å². The average molecular weight is 310 g/mol. The molecule has 22 heavy (non-hydrogen) atoms. The Morgan fingerprint density at radius 3 is 2.41 bits per heavy atom. The lowest BCUT2D eigenvalue weighted by Crippen LogP contribution is -2.11. The lowest BCUT2D eigenvalue weighted by Gasteiger charge is -2.05. The standard InChI is InChI=1S/C17H14N2O2S/c1-10(20)12-3-5-13(6-4-12)17(21)19-14-7-8-15-16(9-14)22-11(2)18-15/h3-9H,1-2H3,(H,19,21). The van der Waals surface area contributed by atoms with Gasteiger partial charge < -0.3 is 5.32 Å². The Morgan fingerprint density at radius 2 is 1.73 bits per heavy atom. The summed E-state index contributed by atoms with van der Waals surface area (Å²) in [5, 5.41) is 3.86. The topological polar surface area (TPSA) is 59.1 Å². The van der Waals surface area contributed by atoms with Crippen LogP contribution in [0, 0.1) is 6.92 Å². The van der Waals surface area contributed by atoms with Gasteiger partial charge in [0.1, 0.15) is 0 Å². The third-order valence-corrected chi connectivity index (χ3v) is 4.24. The zero-order valence-corrected chi connectivity index (χ0v) is 13.0. The quantitative estimate of drug-likeness (QED) is 0.742. The zero-order valence-electron chi connectivity index (χ0n) is 12.2. The number of aryl methyl sites for hydroxylation is 1. The maximum Gasteiger partial charge on any atom is 0.255 e. The first-order valence-corrected chi connectivity index (χ1v) is 7.64. The van der Waals surface area contributed by atoms with Gasteiger partial charge in [0, 0.05) is 16.8 Å². The number of nitrogens with zero attached hydrogens (tertiary/aromatic N) is 1. The molecular weight excluding hydrogens is 296 g/mol. The van der Waals surface area contributed by atoms with E-state index in [9.17, 15) is 9.59 Å². The monoisotopic (exact) mass is 310 g/mol. The van der Waals surface area contributed by atoms with Gasteiger partial charge in [0.05, 0.1) is 15.2 Å². The number of fused-ring (bicyclic) bond motifs is 1. The summed E-state index contributed by atoms with van der Waals surface area (Å²) >= 11 is 1.59. The van der Waals surface area contributed by atoms with E-state index in [0.29, 0.717) is 11.1 Å². The molecular formula is C17H14N2O2S. The van der Waals surface area contributed by atoms with Crippen molar-refractivity contribution in [2.24, 2.45) is 0 Å². The zero-order chi connectivity index (χ0) is 15.7. The van der Waals surface area contributed by atoms with Gasteiger partial charge in [-0.1, -0.05) is 12.1 Å². The lowest BCUT2D eigenvalue weighted by atomic mass is 10.1. The molecule has 3 aromatic rings. The van der Waals surface area contributed by atoms with Gasteiger partial charge in [-0.15, -0.1) is 11.3 Å². The van der Waals surface area contributed by atoms with Crippen LogP contribution in [-0.2, 0) is 0 Å². The van der Waals surface area contributed by atoms with E-state index in [0.717, 1.165) is 20.9 Å². The number of carbonyl (C=O) groups excluding carboxylic acids is 2. The maximum absolute atomic E-state index is 12.2. The second-order valence-electron chi connectivity index (χ2n) is 5.00. The molecule has 3 rings (SSSR count). The summed E-state index contributed by atoms with van der Waals surface area (Å²) in [5.41, 5.74) is 2.78. The van der Waals surface area contributed by atoms with Crippen LogP contribution in [0.1, 0.15) is 32.6 Å². The second kappa shape index (κ2) is 5.69. The number of aromatic nitrogens is 1. The molecule has 1 N–H and O–H groups in total. The average Bonchev–Trinajstić information content (AvgIpc) is 2.86. The molecule has 0 spiro atoms. The van der Waals surface area contributed by atoms with Crippen molar-refractivity contribution >= 4 is 38.9 Å². The molecule has 1 heterocycles. The van der Waals surface area contributed by atoms with Crippen LogP contribution in [0.4, 0.5) is 5.69 Å². The Labute approximate surface area is 131 Å². The Morgan fingerprint density at radius 1 is 1.05 bits per heavy atom. The molecule has 0 saturated carbocycles. The van der Waals surface area contributed by atoms with Gasteiger partial charge in [0.2, 0.25) is 0 Å². The first-order chi connectivity index (χ1) is 10.5. The SMILES string of the molecule is CC(=O)c1ccc(C(=O)Nc2ccc3nc(C)sc3c2)cc1. The number of benzene rings is 2. The third-order valence-electron chi connectivity index (χ3n) is 3.31. The molecule has 4 nitrogen and oxygen atoms in total. The minimum atomic E-state index is -0.198. The van der Waals surface area contributed by atoms with E-state index in [-0.39, 0.29) is 11.7 Å². The van der Waals surface area contributed by atoms with Gasteiger partial charge in [-0.3, -0.25) is 9.59 Å². The van der Waals surface area contributed by atoms with Gasteiger partial charge in [-0.2, -0.15) is 0 Å². The normalized spacial score (nSPS) is 10.6. The number of Topliss-reactive ketones (excluding diaryl/α,β-unsaturated/α-hetero) is 1. The van der Waals surface area contributed by atoms with Crippen molar-refractivity contribution in [2.75, 3.05) is 5.32 Å². The maximum atomic E-state index is 12.2. The molecule has 0 fully saturated rings. The lowest BCUT2D eigenvalue weighted by molar-refractivity contribution is 0.101. The van der Waals surface area contributed by atoms with Crippen LogP contribution in [0.25, 0.3) is 10.2 Å². The summed E-state index contributed by atoms with van der Waals surface area (Å²) in [6, 6.07) is 12.3. The van der Waals surface area contributed by atoms with Crippen molar-refractivity contribution < 1.29 is 9.59 Å². The number of rotatable bonds is 3. The van der Waals surface area contributed by atoms with E-state index < -0.39 is 0 Å². The summed E-state index contributed by atoms with van der Waals surface area (Å²) in [7, 11) is 0. The van der Waals surface area contributed by atoms with E-state index in [1.54, 1.807) is 35.6 Å². The number of amides is 1. The first-order valence-electron chi connectivity index (χ1n) is 6.82. The van der Waals surface area contributed by atoms with Crippen LogP contribution in [0.2, 0.25) is 0 Å². The Bertz CT molecular complexity index is 866. The predicted molar refractivity (Wildman–Crippen MR) is 88.8 cm³/mol. The van der Waals surface area contributed by atoms with Gasteiger partial charge in [0.25, 0.3) is 5.91 Å². The van der Waals surface area contributed by atoms with Gasteiger partial charge in [-0.05, 0) is 44.2 Å². The molecule has 0 aliphatic carbocycles. The van der Waals surface area contributed by atoms with Crippen LogP contribution in [0.3, 0.4) is 0 Å². The van der Waals surface area contributed by atoms with Crippen molar-refractivity contribution in [3.8, 4) is 0 Å². The highest BCUT2D eigenvalue weighted by molar-refractivity contribution is 7.18. The Kier molecular flexibility index (Phi) is 3.73. The van der Waals surface area contributed by atoms with Crippen molar-refractivity contribution in [1.29, 1.82) is 0 Å². The molecule has 0 aliphatic heterocycles. The van der Waals surface area contributed by atoms with Gasteiger partial charge in [-0.25, -0.2) is 4.98 Å². The number of anilines is 1. The molecule has 0 unspecified atom stereocenters. The van der Waals surface area contributed by atoms with Crippen LogP contribution < -0.4 is 5.32 Å². The van der Waals surface area contributed by atoms with Crippen molar-refractivity contribution in [3.63, 3.8) is 0 Å². The molecule has 0 radical (unpaired) electrons. The molecule has 5 heteroatoms. The second-order valence-corrected chi connectivity index (χ2v) is 6.24. The number of ketones is 1. The number of thiazole rings is 1. The van der Waals surface area contributed by atoms with Crippen molar-refractivity contribution in [1.82, 2.24) is 4.98 Å². The fourth-order valence-electron chi connectivity index (χ4n) is 2.18. The van der Waals surface area contributed by atoms with Gasteiger partial charge in [0.15, 0.2) is 5.78 Å². The molecule has 1 aromatic heterocycles. The van der Waals surface area contributed by atoms with E-state index in [2.05, 4.69) is 10.3 Å². The van der Waals surface area contributed by atoms with Crippen LogP contribution in [-0.4, -0.2) is 16.7 Å². The van der Waals surface area contributed by atoms with E-state index in [1.165, 1.54) is 6.92 Å². The minimum Gasteiger partial charge on any atom is -0.322 e. The fourth-order valence-corrected chi connectivity index (χ4v) is 3.04. The predicted octanol–water partition coefficient (Wildman–Crippen LogP) is 4.06. The van der Waals surface area contributed by atoms with E-state index >= 15 is 0 Å². The molecule has 0 saturated heterocycles. The fraction of sp³-hybridized carbons (Fsp3) is 0.118. The summed E-state index contributed by atoms with van der Waals surface area (Å²) in [6.45, 7) is 3.46. The molecule has 0 bridgehead atoms. The van der Waals surface area contributed by atoms with E-state index in [1.807, 2.05) is 25.1 Å². The summed E-state index contributed by atoms with van der Waals surface area (Å²) < 4.78 is 1.04. The number of hydrogen-bond donors (Lipinski definition) is 1. The highest BCUT2D eigenvalue weighted by Gasteiger charge is 2.08. The Balaban J connectivity index is 1.81. The highest BCUT2D eigenvalue weighted by Crippen LogP contribution is 2.25. The summed E-state index contributed by atoms with van der Waals surface area (Å²) in [6.07, 6.45) is 0. The first kappa shape index (κ1) is 14.4. The number of hydrogen-bond acceptors (Lipinski definition) is 4. The Hall–Kier alpha value is -2.53. The smallest absolute Gasteiger partial charge is 0.255 e. The minimum absolute atomic E-state index is 0.0158. The number of nitrogens with one attached hydrogen (secondary N) is 1. The molecule has 2 aromatic carbocycles. The summed E-state index contributed by atoms with van der Waals surface area (Å²) in [5.74, 6) is -0.214. The third kappa shape index (κ3) is 2.89. The highest BCUT2D eigenvalue weighted by atomic mass is 32.1. The van der Waals surface area contributed by atoms with E-state index in [4.69, 9.17) is 0 Å². The number of carbonyl (C=O) groups is 2. The largest absolute Gasteiger partial charge is 0.322 e. The molecule has 0 aliphatic rings. The molecule has 110 valence electrons. The summed E-state index contributed by atoms with van der Waals surface area (Å²) in [4.78, 5) is 27.9. The van der Waals surface area contributed by atoms with Crippen molar-refractivity contribution in [2.45, 2.75) is 13.8 Å². The molecule has 0 atom stereocenters.